The van der Waals surface area contributed by atoms with Gasteiger partial charge in [0.25, 0.3) is 0 Å². The number of ether oxygens (including phenoxy) is 1. The van der Waals surface area contributed by atoms with Crippen LogP contribution in [-0.4, -0.2) is 18.6 Å². The molecule has 102 valence electrons. The van der Waals surface area contributed by atoms with E-state index in [1.165, 1.54) is 6.92 Å². The van der Waals surface area contributed by atoms with E-state index in [4.69, 9.17) is 9.29 Å². The maximum absolute atomic E-state index is 10.6. The quantitative estimate of drug-likeness (QED) is 0.855. The normalized spacial score (nSPS) is 14.3. The molecule has 0 amide bonds. The molecule has 0 radical (unpaired) electrons. The van der Waals surface area contributed by atoms with Crippen molar-refractivity contribution in [3.05, 3.63) is 29.8 Å². The standard InChI is InChI=1S/C12H18O5S/c1-9(17-18(13,14)15)10-5-7-11(8-6-10)16-12(2,3)4/h5-9H,1-4H3,(H,13,14,15). The first kappa shape index (κ1) is 14.9. The molecular weight excluding hydrogens is 256 g/mol. The van der Waals surface area contributed by atoms with E-state index in [9.17, 15) is 8.42 Å². The summed E-state index contributed by atoms with van der Waals surface area (Å²) in [6, 6.07) is 6.84. The molecule has 0 bridgehead atoms. The summed E-state index contributed by atoms with van der Waals surface area (Å²) in [5, 5.41) is 0. The van der Waals surface area contributed by atoms with Gasteiger partial charge in [0.05, 0.1) is 0 Å². The van der Waals surface area contributed by atoms with Gasteiger partial charge in [-0.3, -0.25) is 4.55 Å². The topological polar surface area (TPSA) is 72.8 Å². The van der Waals surface area contributed by atoms with E-state index in [1.54, 1.807) is 24.3 Å². The summed E-state index contributed by atoms with van der Waals surface area (Å²) in [5.41, 5.74) is 0.340. The second-order valence-electron chi connectivity index (χ2n) is 4.95. The van der Waals surface area contributed by atoms with E-state index in [0.717, 1.165) is 0 Å². The van der Waals surface area contributed by atoms with Crippen molar-refractivity contribution in [2.75, 3.05) is 0 Å². The minimum atomic E-state index is -4.44. The highest BCUT2D eigenvalue weighted by Crippen LogP contribution is 2.23. The number of hydrogen-bond donors (Lipinski definition) is 1. The molecule has 0 aliphatic heterocycles. The van der Waals surface area contributed by atoms with Gasteiger partial charge in [-0.15, -0.1) is 0 Å². The predicted molar refractivity (Wildman–Crippen MR) is 67.9 cm³/mol. The highest BCUT2D eigenvalue weighted by atomic mass is 32.3. The van der Waals surface area contributed by atoms with Gasteiger partial charge in [-0.05, 0) is 45.4 Å². The lowest BCUT2D eigenvalue weighted by atomic mass is 10.1. The number of hydrogen-bond acceptors (Lipinski definition) is 4. The fourth-order valence-corrected chi connectivity index (χ4v) is 1.87. The minimum absolute atomic E-state index is 0.294. The summed E-state index contributed by atoms with van der Waals surface area (Å²) >= 11 is 0. The van der Waals surface area contributed by atoms with Gasteiger partial charge in [0.1, 0.15) is 17.5 Å². The van der Waals surface area contributed by atoms with E-state index in [2.05, 4.69) is 4.18 Å². The van der Waals surface area contributed by atoms with E-state index < -0.39 is 16.5 Å². The Kier molecular flexibility index (Phi) is 4.37. The SMILES string of the molecule is CC(OS(=O)(=O)O)c1ccc(OC(C)(C)C)cc1. The molecule has 0 aliphatic carbocycles. The van der Waals surface area contributed by atoms with Crippen LogP contribution in [0.5, 0.6) is 5.75 Å². The van der Waals surface area contributed by atoms with Crippen LogP contribution in [0.3, 0.4) is 0 Å². The van der Waals surface area contributed by atoms with E-state index >= 15 is 0 Å². The Morgan fingerprint density at radius 3 is 2.06 bits per heavy atom. The fourth-order valence-electron chi connectivity index (χ4n) is 1.40. The van der Waals surface area contributed by atoms with E-state index in [0.29, 0.717) is 11.3 Å². The van der Waals surface area contributed by atoms with Gasteiger partial charge in [0.15, 0.2) is 0 Å². The average Bonchev–Trinajstić information content (AvgIpc) is 2.13. The molecule has 18 heavy (non-hydrogen) atoms. The van der Waals surface area contributed by atoms with Crippen molar-refractivity contribution in [3.63, 3.8) is 0 Å². The van der Waals surface area contributed by atoms with Crippen molar-refractivity contribution >= 4 is 10.4 Å². The summed E-state index contributed by atoms with van der Waals surface area (Å²) in [4.78, 5) is 0. The third-order valence-electron chi connectivity index (χ3n) is 2.04. The van der Waals surface area contributed by atoms with E-state index in [-0.39, 0.29) is 5.60 Å². The van der Waals surface area contributed by atoms with Crippen LogP contribution in [0.15, 0.2) is 24.3 Å². The van der Waals surface area contributed by atoms with Crippen LogP contribution in [0.4, 0.5) is 0 Å². The van der Waals surface area contributed by atoms with Crippen LogP contribution in [-0.2, 0) is 14.6 Å². The summed E-state index contributed by atoms with van der Waals surface area (Å²) in [7, 11) is -4.44. The first-order valence-electron chi connectivity index (χ1n) is 5.51. The zero-order valence-corrected chi connectivity index (χ0v) is 11.7. The molecular formula is C12H18O5S. The molecule has 0 aromatic heterocycles. The minimum Gasteiger partial charge on any atom is -0.488 e. The first-order valence-corrected chi connectivity index (χ1v) is 6.88. The second kappa shape index (κ2) is 5.26. The third kappa shape index (κ3) is 5.48. The Morgan fingerprint density at radius 1 is 1.17 bits per heavy atom. The van der Waals surface area contributed by atoms with Crippen LogP contribution in [0.1, 0.15) is 39.4 Å². The molecule has 1 atom stereocenters. The highest BCUT2D eigenvalue weighted by Gasteiger charge is 2.15. The Labute approximate surface area is 108 Å². The third-order valence-corrected chi connectivity index (χ3v) is 2.57. The maximum Gasteiger partial charge on any atom is 0.397 e. The van der Waals surface area contributed by atoms with Crippen LogP contribution < -0.4 is 4.74 Å². The van der Waals surface area contributed by atoms with Crippen LogP contribution >= 0.6 is 0 Å². The molecule has 1 N–H and O–H groups in total. The lowest BCUT2D eigenvalue weighted by molar-refractivity contribution is 0.131. The van der Waals surface area contributed by atoms with Crippen molar-refractivity contribution in [3.8, 4) is 5.75 Å². The van der Waals surface area contributed by atoms with Gasteiger partial charge in [-0.1, -0.05) is 12.1 Å². The molecule has 0 saturated carbocycles. The van der Waals surface area contributed by atoms with Crippen LogP contribution in [0, 0.1) is 0 Å². The molecule has 0 fully saturated rings. The number of rotatable bonds is 4. The largest absolute Gasteiger partial charge is 0.488 e. The molecule has 5 nitrogen and oxygen atoms in total. The van der Waals surface area contributed by atoms with Gasteiger partial charge in [0, 0.05) is 0 Å². The van der Waals surface area contributed by atoms with Crippen molar-refractivity contribution < 1.29 is 21.9 Å². The first-order chi connectivity index (χ1) is 8.07. The van der Waals surface area contributed by atoms with Crippen LogP contribution in [0.25, 0.3) is 0 Å². The zero-order valence-electron chi connectivity index (χ0n) is 10.9. The summed E-state index contributed by atoms with van der Waals surface area (Å²) in [6.45, 7) is 7.34. The number of benzene rings is 1. The maximum atomic E-state index is 10.6. The molecule has 0 saturated heterocycles. The molecule has 0 heterocycles. The van der Waals surface area contributed by atoms with Crippen LogP contribution in [0.2, 0.25) is 0 Å². The summed E-state index contributed by atoms with van der Waals surface area (Å²) in [5.74, 6) is 0.685. The molecule has 0 aliphatic rings. The lowest BCUT2D eigenvalue weighted by Crippen LogP contribution is -2.22. The van der Waals surface area contributed by atoms with Crippen molar-refractivity contribution in [1.29, 1.82) is 0 Å². The molecule has 1 rings (SSSR count). The second-order valence-corrected chi connectivity index (χ2v) is 6.00. The summed E-state index contributed by atoms with van der Waals surface area (Å²) in [6.07, 6.45) is -0.747. The van der Waals surface area contributed by atoms with Gasteiger partial charge in [-0.2, -0.15) is 8.42 Å². The Balaban J connectivity index is 2.77. The van der Waals surface area contributed by atoms with Crippen molar-refractivity contribution in [2.24, 2.45) is 0 Å². The molecule has 0 spiro atoms. The van der Waals surface area contributed by atoms with Gasteiger partial charge < -0.3 is 4.74 Å². The lowest BCUT2D eigenvalue weighted by Gasteiger charge is -2.21. The summed E-state index contributed by atoms with van der Waals surface area (Å²) < 4.78 is 39.8. The predicted octanol–water partition coefficient (Wildman–Crippen LogP) is 2.74. The van der Waals surface area contributed by atoms with Crippen molar-refractivity contribution in [1.82, 2.24) is 0 Å². The monoisotopic (exact) mass is 274 g/mol. The smallest absolute Gasteiger partial charge is 0.397 e. The zero-order chi connectivity index (χ0) is 14.0. The molecule has 6 heteroatoms. The molecule has 1 aromatic carbocycles. The van der Waals surface area contributed by atoms with Crippen molar-refractivity contribution in [2.45, 2.75) is 39.4 Å². The Bertz CT molecular complexity index is 484. The molecule has 1 aromatic rings. The molecule has 1 unspecified atom stereocenters. The van der Waals surface area contributed by atoms with E-state index in [1.807, 2.05) is 20.8 Å². The van der Waals surface area contributed by atoms with Gasteiger partial charge >= 0.3 is 10.4 Å². The van der Waals surface area contributed by atoms with Gasteiger partial charge in [-0.25, -0.2) is 4.18 Å². The van der Waals surface area contributed by atoms with Gasteiger partial charge in [0.2, 0.25) is 0 Å². The highest BCUT2D eigenvalue weighted by molar-refractivity contribution is 7.80. The fraction of sp³-hybridized carbons (Fsp3) is 0.500. The Hall–Kier alpha value is -1.11. The average molecular weight is 274 g/mol. The Morgan fingerprint density at radius 2 is 1.67 bits per heavy atom.